The summed E-state index contributed by atoms with van der Waals surface area (Å²) in [6.07, 6.45) is 1.76. The average molecular weight is 201 g/mol. The van der Waals surface area contributed by atoms with Crippen LogP contribution in [0.4, 0.5) is 0 Å². The van der Waals surface area contributed by atoms with Crippen LogP contribution in [0, 0.1) is 30.6 Å². The van der Waals surface area contributed by atoms with Crippen LogP contribution in [0.2, 0.25) is 0 Å². The van der Waals surface area contributed by atoms with Gasteiger partial charge in [-0.1, -0.05) is 25.1 Å². The largest absolute Gasteiger partial charge is 0.198 e. The van der Waals surface area contributed by atoms with Crippen molar-refractivity contribution in [3.05, 3.63) is 34.9 Å². The minimum absolute atomic E-state index is 0.225. The topological polar surface area (TPSA) is 23.8 Å². The highest BCUT2D eigenvalue weighted by Crippen LogP contribution is 2.28. The fraction of sp³-hybridized carbons (Fsp3) is 0.500. The SMILES string of the molecule is CCC(C)(C#N)Cc1c(C)cccc1C. The van der Waals surface area contributed by atoms with Gasteiger partial charge in [-0.05, 0) is 50.3 Å². The highest BCUT2D eigenvalue weighted by Gasteiger charge is 2.23. The molecule has 0 heterocycles. The molecule has 80 valence electrons. The van der Waals surface area contributed by atoms with Crippen LogP contribution in [-0.2, 0) is 6.42 Å². The Balaban J connectivity index is 3.05. The van der Waals surface area contributed by atoms with Gasteiger partial charge in [0.1, 0.15) is 0 Å². The molecule has 0 fully saturated rings. The van der Waals surface area contributed by atoms with Gasteiger partial charge < -0.3 is 0 Å². The second-order valence-electron chi connectivity index (χ2n) is 4.57. The van der Waals surface area contributed by atoms with E-state index in [0.717, 1.165) is 12.8 Å². The first kappa shape index (κ1) is 11.8. The lowest BCUT2D eigenvalue weighted by atomic mass is 9.80. The van der Waals surface area contributed by atoms with Crippen LogP contribution < -0.4 is 0 Å². The maximum atomic E-state index is 9.18. The minimum atomic E-state index is -0.225. The summed E-state index contributed by atoms with van der Waals surface area (Å²) in [5, 5.41) is 9.18. The van der Waals surface area contributed by atoms with Crippen molar-refractivity contribution in [3.63, 3.8) is 0 Å². The fourth-order valence-corrected chi connectivity index (χ4v) is 1.76. The zero-order chi connectivity index (χ0) is 11.5. The Morgan fingerprint density at radius 2 is 1.80 bits per heavy atom. The summed E-state index contributed by atoms with van der Waals surface area (Å²) < 4.78 is 0. The van der Waals surface area contributed by atoms with E-state index in [-0.39, 0.29) is 5.41 Å². The van der Waals surface area contributed by atoms with Gasteiger partial charge in [0.25, 0.3) is 0 Å². The second kappa shape index (κ2) is 4.49. The van der Waals surface area contributed by atoms with E-state index >= 15 is 0 Å². The first-order chi connectivity index (χ1) is 7.02. The molecule has 0 aliphatic carbocycles. The van der Waals surface area contributed by atoms with Gasteiger partial charge in [-0.25, -0.2) is 0 Å². The molecule has 0 aromatic heterocycles. The number of hydrogen-bond acceptors (Lipinski definition) is 1. The Morgan fingerprint density at radius 1 is 1.27 bits per heavy atom. The average Bonchev–Trinajstić information content (AvgIpc) is 2.23. The van der Waals surface area contributed by atoms with Gasteiger partial charge in [0, 0.05) is 0 Å². The molecule has 1 aromatic rings. The predicted octanol–water partition coefficient (Wildman–Crippen LogP) is 3.79. The van der Waals surface area contributed by atoms with E-state index in [1.165, 1.54) is 16.7 Å². The number of benzene rings is 1. The molecule has 15 heavy (non-hydrogen) atoms. The Bertz CT molecular complexity index is 367. The molecule has 0 saturated heterocycles. The standard InChI is InChI=1S/C14H19N/c1-5-14(4,10-15)9-13-11(2)7-6-8-12(13)3/h6-8H,5,9H2,1-4H3. The smallest absolute Gasteiger partial charge is 0.0690 e. The number of nitriles is 1. The predicted molar refractivity (Wildman–Crippen MR) is 63.6 cm³/mol. The van der Waals surface area contributed by atoms with Crippen molar-refractivity contribution in [2.75, 3.05) is 0 Å². The highest BCUT2D eigenvalue weighted by atomic mass is 14.3. The van der Waals surface area contributed by atoms with Crippen molar-refractivity contribution in [3.8, 4) is 6.07 Å². The van der Waals surface area contributed by atoms with E-state index in [4.69, 9.17) is 0 Å². The Morgan fingerprint density at radius 3 is 2.20 bits per heavy atom. The van der Waals surface area contributed by atoms with Gasteiger partial charge in [-0.3, -0.25) is 0 Å². The number of nitrogens with zero attached hydrogens (tertiary/aromatic N) is 1. The van der Waals surface area contributed by atoms with Gasteiger partial charge >= 0.3 is 0 Å². The van der Waals surface area contributed by atoms with Gasteiger partial charge in [0.2, 0.25) is 0 Å². The van der Waals surface area contributed by atoms with Gasteiger partial charge in [0.05, 0.1) is 11.5 Å². The molecule has 1 aromatic carbocycles. The Kier molecular flexibility index (Phi) is 3.52. The lowest BCUT2D eigenvalue weighted by Crippen LogP contribution is -2.17. The lowest BCUT2D eigenvalue weighted by molar-refractivity contribution is 0.421. The Labute approximate surface area is 92.7 Å². The van der Waals surface area contributed by atoms with E-state index < -0.39 is 0 Å². The molecule has 0 saturated carbocycles. The molecule has 0 bridgehead atoms. The van der Waals surface area contributed by atoms with Gasteiger partial charge in [-0.2, -0.15) is 5.26 Å². The van der Waals surface area contributed by atoms with Gasteiger partial charge in [0.15, 0.2) is 0 Å². The van der Waals surface area contributed by atoms with E-state index in [1.54, 1.807) is 0 Å². The quantitative estimate of drug-likeness (QED) is 0.730. The third-order valence-corrected chi connectivity index (χ3v) is 3.26. The summed E-state index contributed by atoms with van der Waals surface area (Å²) in [6.45, 7) is 8.36. The molecule has 1 unspecified atom stereocenters. The molecule has 1 rings (SSSR count). The van der Waals surface area contributed by atoms with Crippen molar-refractivity contribution in [1.82, 2.24) is 0 Å². The summed E-state index contributed by atoms with van der Waals surface area (Å²) in [7, 11) is 0. The molecule has 0 amide bonds. The van der Waals surface area contributed by atoms with E-state index in [2.05, 4.69) is 45.0 Å². The maximum Gasteiger partial charge on any atom is 0.0690 e. The second-order valence-corrected chi connectivity index (χ2v) is 4.57. The molecule has 0 N–H and O–H groups in total. The van der Waals surface area contributed by atoms with Crippen LogP contribution in [0.15, 0.2) is 18.2 Å². The van der Waals surface area contributed by atoms with E-state index in [0.29, 0.717) is 0 Å². The van der Waals surface area contributed by atoms with Crippen molar-refractivity contribution < 1.29 is 0 Å². The zero-order valence-electron chi connectivity index (χ0n) is 10.1. The first-order valence-corrected chi connectivity index (χ1v) is 5.49. The number of rotatable bonds is 3. The molecule has 1 atom stereocenters. The summed E-state index contributed by atoms with van der Waals surface area (Å²) in [6, 6.07) is 8.75. The molecular weight excluding hydrogens is 182 g/mol. The summed E-state index contributed by atoms with van der Waals surface area (Å²) in [4.78, 5) is 0. The summed E-state index contributed by atoms with van der Waals surface area (Å²) >= 11 is 0. The maximum absolute atomic E-state index is 9.18. The van der Waals surface area contributed by atoms with Crippen LogP contribution in [0.1, 0.15) is 37.0 Å². The lowest BCUT2D eigenvalue weighted by Gasteiger charge is -2.21. The number of aryl methyl sites for hydroxylation is 2. The Hall–Kier alpha value is -1.29. The normalized spacial score (nSPS) is 14.3. The van der Waals surface area contributed by atoms with Crippen molar-refractivity contribution in [1.29, 1.82) is 5.26 Å². The summed E-state index contributed by atoms with van der Waals surface area (Å²) in [5.41, 5.74) is 3.70. The molecule has 0 aliphatic heterocycles. The van der Waals surface area contributed by atoms with E-state index in [9.17, 15) is 5.26 Å². The monoisotopic (exact) mass is 201 g/mol. The van der Waals surface area contributed by atoms with Crippen molar-refractivity contribution in [2.45, 2.75) is 40.5 Å². The molecule has 0 radical (unpaired) electrons. The van der Waals surface area contributed by atoms with Crippen LogP contribution in [-0.4, -0.2) is 0 Å². The van der Waals surface area contributed by atoms with Crippen molar-refractivity contribution in [2.24, 2.45) is 5.41 Å². The van der Waals surface area contributed by atoms with Crippen LogP contribution in [0.25, 0.3) is 0 Å². The van der Waals surface area contributed by atoms with E-state index in [1.807, 2.05) is 6.92 Å². The van der Waals surface area contributed by atoms with Crippen LogP contribution in [0.5, 0.6) is 0 Å². The van der Waals surface area contributed by atoms with Crippen molar-refractivity contribution >= 4 is 0 Å². The van der Waals surface area contributed by atoms with Crippen LogP contribution in [0.3, 0.4) is 0 Å². The summed E-state index contributed by atoms with van der Waals surface area (Å²) in [5.74, 6) is 0. The first-order valence-electron chi connectivity index (χ1n) is 5.49. The zero-order valence-corrected chi connectivity index (χ0v) is 10.1. The molecule has 1 heteroatoms. The molecule has 1 nitrogen and oxygen atoms in total. The number of hydrogen-bond donors (Lipinski definition) is 0. The minimum Gasteiger partial charge on any atom is -0.198 e. The third-order valence-electron chi connectivity index (χ3n) is 3.26. The molecule has 0 spiro atoms. The molecular formula is C14H19N. The third kappa shape index (κ3) is 2.59. The fourth-order valence-electron chi connectivity index (χ4n) is 1.76. The molecule has 0 aliphatic rings. The highest BCUT2D eigenvalue weighted by molar-refractivity contribution is 5.35. The van der Waals surface area contributed by atoms with Gasteiger partial charge in [-0.15, -0.1) is 0 Å². The van der Waals surface area contributed by atoms with Crippen LogP contribution >= 0.6 is 0 Å².